The summed E-state index contributed by atoms with van der Waals surface area (Å²) in [7, 11) is 1.42. The summed E-state index contributed by atoms with van der Waals surface area (Å²) in [5.74, 6) is -0.903. The highest BCUT2D eigenvalue weighted by Gasteiger charge is 2.27. The maximum absolute atomic E-state index is 12.7. The summed E-state index contributed by atoms with van der Waals surface area (Å²) in [6.07, 6.45) is 52.5. The van der Waals surface area contributed by atoms with Crippen LogP contribution in [0.2, 0.25) is 0 Å². The minimum Gasteiger partial charge on any atom is -0.462 e. The number of unbranched alkanes of at least 4 members (excludes halogenated alkanes) is 16. The number of likely N-dealkylation sites (N-methyl/N-ethyl adjacent to an activating group) is 1. The zero-order chi connectivity index (χ0) is 44.3. The molecule has 60 heavy (non-hydrogen) atoms. The molecular formula is C50H89NO8P+. The third-order valence-electron chi connectivity index (χ3n) is 9.72. The van der Waals surface area contributed by atoms with Crippen LogP contribution in [0.15, 0.2) is 72.9 Å². The molecule has 0 aromatic carbocycles. The number of carbonyl (C=O) groups excluding carboxylic acids is 2. The van der Waals surface area contributed by atoms with Gasteiger partial charge in [-0.3, -0.25) is 18.6 Å². The maximum atomic E-state index is 12.7. The quantitative estimate of drug-likeness (QED) is 0.0212. The number of carbonyl (C=O) groups is 2. The average molecular weight is 863 g/mol. The first-order chi connectivity index (χ1) is 29.0. The van der Waals surface area contributed by atoms with Crippen molar-refractivity contribution < 1.29 is 42.1 Å². The van der Waals surface area contributed by atoms with Gasteiger partial charge in [-0.1, -0.05) is 164 Å². The van der Waals surface area contributed by atoms with Crippen LogP contribution in [0.1, 0.15) is 181 Å². The van der Waals surface area contributed by atoms with E-state index in [9.17, 15) is 19.0 Å². The fraction of sp³-hybridized carbons (Fsp3) is 0.720. The molecule has 2 atom stereocenters. The lowest BCUT2D eigenvalue weighted by Crippen LogP contribution is -2.37. The summed E-state index contributed by atoms with van der Waals surface area (Å²) in [5, 5.41) is 0. The second-order valence-corrected chi connectivity index (χ2v) is 18.2. The van der Waals surface area contributed by atoms with Crippen LogP contribution in [0.5, 0.6) is 0 Å². The number of phosphoric acid groups is 1. The Morgan fingerprint density at radius 2 is 0.933 bits per heavy atom. The second kappa shape index (κ2) is 41.8. The van der Waals surface area contributed by atoms with Crippen molar-refractivity contribution >= 4 is 19.8 Å². The molecule has 346 valence electrons. The van der Waals surface area contributed by atoms with Crippen LogP contribution in [0.3, 0.4) is 0 Å². The van der Waals surface area contributed by atoms with Gasteiger partial charge in [-0.2, -0.15) is 0 Å². The molecule has 0 aliphatic heterocycles. The van der Waals surface area contributed by atoms with Crippen LogP contribution < -0.4 is 0 Å². The van der Waals surface area contributed by atoms with Crippen molar-refractivity contribution in [2.24, 2.45) is 0 Å². The van der Waals surface area contributed by atoms with E-state index in [1.165, 1.54) is 89.9 Å². The molecule has 0 heterocycles. The number of esters is 2. The number of allylic oxidation sites excluding steroid dienone is 12. The molecule has 0 spiro atoms. The molecule has 1 unspecified atom stereocenters. The molecule has 0 rings (SSSR count). The van der Waals surface area contributed by atoms with Gasteiger partial charge in [0.15, 0.2) is 6.10 Å². The number of quaternary nitrogens is 1. The van der Waals surface area contributed by atoms with Crippen molar-refractivity contribution in [2.75, 3.05) is 47.5 Å². The third-order valence-corrected chi connectivity index (χ3v) is 10.7. The van der Waals surface area contributed by atoms with Crippen molar-refractivity contribution in [1.82, 2.24) is 0 Å². The van der Waals surface area contributed by atoms with E-state index in [0.717, 1.165) is 57.8 Å². The van der Waals surface area contributed by atoms with Gasteiger partial charge >= 0.3 is 19.8 Å². The highest BCUT2D eigenvalue weighted by Crippen LogP contribution is 2.43. The van der Waals surface area contributed by atoms with Crippen LogP contribution in [0.25, 0.3) is 0 Å². The van der Waals surface area contributed by atoms with Crippen LogP contribution in [0.4, 0.5) is 0 Å². The number of hydrogen-bond acceptors (Lipinski definition) is 7. The van der Waals surface area contributed by atoms with Gasteiger partial charge in [0.25, 0.3) is 0 Å². The highest BCUT2D eigenvalue weighted by molar-refractivity contribution is 7.47. The summed E-state index contributed by atoms with van der Waals surface area (Å²) >= 11 is 0. The van der Waals surface area contributed by atoms with E-state index in [-0.39, 0.29) is 26.1 Å². The smallest absolute Gasteiger partial charge is 0.462 e. The summed E-state index contributed by atoms with van der Waals surface area (Å²) in [5.41, 5.74) is 0. The fourth-order valence-electron chi connectivity index (χ4n) is 5.99. The lowest BCUT2D eigenvalue weighted by molar-refractivity contribution is -0.870. The molecule has 0 bridgehead atoms. The van der Waals surface area contributed by atoms with Gasteiger partial charge in [-0.25, -0.2) is 4.57 Å². The Kier molecular flexibility index (Phi) is 40.0. The molecule has 0 saturated heterocycles. The SMILES string of the molecule is CCCCC/C=C/C/C=C/C/C=C/C/C=C/C/C=C/CCC(=O)O[C@H](COC(=O)CCCCCCCCC/C=C/CCCCCCCC)COP(=O)(O)OCC[N+](C)(C)C. The summed E-state index contributed by atoms with van der Waals surface area (Å²) in [6, 6.07) is 0. The lowest BCUT2D eigenvalue weighted by Gasteiger charge is -2.24. The van der Waals surface area contributed by atoms with Gasteiger partial charge in [0.2, 0.25) is 0 Å². The van der Waals surface area contributed by atoms with Gasteiger partial charge in [-0.15, -0.1) is 0 Å². The second-order valence-electron chi connectivity index (χ2n) is 16.8. The van der Waals surface area contributed by atoms with Gasteiger partial charge in [0.05, 0.1) is 27.7 Å². The van der Waals surface area contributed by atoms with Crippen molar-refractivity contribution in [3.8, 4) is 0 Å². The third kappa shape index (κ3) is 45.0. The first kappa shape index (κ1) is 57.4. The van der Waals surface area contributed by atoms with Crippen molar-refractivity contribution in [2.45, 2.75) is 187 Å². The van der Waals surface area contributed by atoms with E-state index in [1.807, 2.05) is 33.3 Å². The first-order valence-corrected chi connectivity index (χ1v) is 25.2. The predicted molar refractivity (Wildman–Crippen MR) is 252 cm³/mol. The zero-order valence-corrected chi connectivity index (χ0v) is 39.8. The Morgan fingerprint density at radius 3 is 1.45 bits per heavy atom. The molecule has 0 fully saturated rings. The molecule has 0 aromatic rings. The lowest BCUT2D eigenvalue weighted by atomic mass is 10.1. The molecule has 0 saturated carbocycles. The van der Waals surface area contributed by atoms with Gasteiger partial charge in [-0.05, 0) is 77.0 Å². The zero-order valence-electron chi connectivity index (χ0n) is 38.9. The minimum absolute atomic E-state index is 0.0147. The Bertz CT molecular complexity index is 1250. The van der Waals surface area contributed by atoms with Gasteiger partial charge < -0.3 is 18.9 Å². The summed E-state index contributed by atoms with van der Waals surface area (Å²) in [4.78, 5) is 35.4. The molecule has 0 radical (unpaired) electrons. The van der Waals surface area contributed by atoms with Gasteiger partial charge in [0.1, 0.15) is 19.8 Å². The fourth-order valence-corrected chi connectivity index (χ4v) is 6.73. The molecule has 0 aromatic heterocycles. The molecule has 1 N–H and O–H groups in total. The van der Waals surface area contributed by atoms with E-state index < -0.39 is 32.5 Å². The molecule has 0 amide bonds. The van der Waals surface area contributed by atoms with Crippen LogP contribution in [0, 0.1) is 0 Å². The van der Waals surface area contributed by atoms with Gasteiger partial charge in [0, 0.05) is 12.8 Å². The highest BCUT2D eigenvalue weighted by atomic mass is 31.2. The van der Waals surface area contributed by atoms with E-state index in [1.54, 1.807) is 0 Å². The van der Waals surface area contributed by atoms with E-state index in [4.69, 9.17) is 18.5 Å². The van der Waals surface area contributed by atoms with Crippen molar-refractivity contribution in [1.29, 1.82) is 0 Å². The summed E-state index contributed by atoms with van der Waals surface area (Å²) < 4.78 is 34.3. The predicted octanol–water partition coefficient (Wildman–Crippen LogP) is 13.8. The molecular weight excluding hydrogens is 774 g/mol. The monoisotopic (exact) mass is 863 g/mol. The van der Waals surface area contributed by atoms with E-state index in [2.05, 4.69) is 74.6 Å². The first-order valence-electron chi connectivity index (χ1n) is 23.7. The Morgan fingerprint density at radius 1 is 0.517 bits per heavy atom. The Hall–Kier alpha value is -2.55. The van der Waals surface area contributed by atoms with Crippen molar-refractivity contribution in [3.63, 3.8) is 0 Å². The standard InChI is InChI=1S/C50H88NO8P/c1-6-8-10-12-14-16-18-20-22-24-25-27-29-31-33-35-37-39-41-43-50(53)59-48(47-58-60(54,55)57-45-44-51(3,4)5)46-56-49(52)42-40-38-36-34-32-30-28-26-23-21-19-17-15-13-11-9-7-2/h14,16,20-23,25,27,31,33,37,39,48H,6-13,15,17-19,24,26,28-30,32,34-36,38,40-47H2,1-5H3/p+1/b16-14+,22-20+,23-21+,27-25+,33-31+,39-37+/t48-/m1/s1. The number of ether oxygens (including phenoxy) is 2. The maximum Gasteiger partial charge on any atom is 0.472 e. The molecule has 9 nitrogen and oxygen atoms in total. The molecule has 0 aliphatic carbocycles. The summed E-state index contributed by atoms with van der Waals surface area (Å²) in [6.45, 7) is 4.29. The van der Waals surface area contributed by atoms with Crippen LogP contribution in [-0.4, -0.2) is 74.9 Å². The Labute approximate surface area is 368 Å². The average Bonchev–Trinajstić information content (AvgIpc) is 3.20. The number of hydrogen-bond donors (Lipinski definition) is 1. The number of rotatable bonds is 42. The van der Waals surface area contributed by atoms with E-state index >= 15 is 0 Å². The number of nitrogens with zero attached hydrogens (tertiary/aromatic N) is 1. The molecule has 10 heteroatoms. The van der Waals surface area contributed by atoms with E-state index in [0.29, 0.717) is 17.4 Å². The Balaban J connectivity index is 4.46. The normalized spacial score (nSPS) is 14.2. The number of phosphoric ester groups is 1. The van der Waals surface area contributed by atoms with Crippen molar-refractivity contribution in [3.05, 3.63) is 72.9 Å². The van der Waals surface area contributed by atoms with Crippen LogP contribution >= 0.6 is 7.82 Å². The molecule has 0 aliphatic rings. The van der Waals surface area contributed by atoms with Crippen LogP contribution in [-0.2, 0) is 32.7 Å². The topological polar surface area (TPSA) is 108 Å². The largest absolute Gasteiger partial charge is 0.472 e. The minimum atomic E-state index is -4.40.